The molecule has 25 heavy (non-hydrogen) atoms. The molecule has 0 radical (unpaired) electrons. The number of H-pyrrole nitrogens is 1. The highest BCUT2D eigenvalue weighted by Crippen LogP contribution is 2.38. The van der Waals surface area contributed by atoms with Crippen LogP contribution in [-0.2, 0) is 0 Å². The fourth-order valence-electron chi connectivity index (χ4n) is 3.58. The Kier molecular flexibility index (Phi) is 3.17. The summed E-state index contributed by atoms with van der Waals surface area (Å²) in [6.45, 7) is 0. The summed E-state index contributed by atoms with van der Waals surface area (Å²) < 4.78 is 0. The molecule has 1 heterocycles. The Morgan fingerprint density at radius 1 is 0.440 bits per heavy atom. The van der Waals surface area contributed by atoms with Crippen LogP contribution in [0.1, 0.15) is 0 Å². The predicted molar refractivity (Wildman–Crippen MR) is 107 cm³/mol. The number of hydrogen-bond acceptors (Lipinski definition) is 0. The van der Waals surface area contributed by atoms with Crippen molar-refractivity contribution in [3.8, 4) is 22.5 Å². The van der Waals surface area contributed by atoms with E-state index in [1.807, 2.05) is 0 Å². The van der Waals surface area contributed by atoms with Crippen molar-refractivity contribution < 1.29 is 0 Å². The number of aromatic amines is 1. The number of fused-ring (bicyclic) bond motifs is 2. The van der Waals surface area contributed by atoms with E-state index in [0.717, 1.165) is 0 Å². The molecule has 0 aliphatic heterocycles. The molecule has 1 nitrogen and oxygen atoms in total. The SMILES string of the molecule is c1ccc(-c2[nH]c(-c3ccccc3)c3cc4ccccc4cc23)cc1. The van der Waals surface area contributed by atoms with Crippen LogP contribution in [0.5, 0.6) is 0 Å². The minimum absolute atomic E-state index is 1.18. The number of nitrogens with one attached hydrogen (secondary N) is 1. The van der Waals surface area contributed by atoms with E-state index >= 15 is 0 Å². The molecular formula is C24H17N. The topological polar surface area (TPSA) is 15.8 Å². The second-order valence-corrected chi connectivity index (χ2v) is 6.35. The molecule has 5 rings (SSSR count). The Labute approximate surface area is 146 Å². The molecule has 118 valence electrons. The van der Waals surface area contributed by atoms with Crippen LogP contribution in [0.4, 0.5) is 0 Å². The van der Waals surface area contributed by atoms with Gasteiger partial charge in [-0.05, 0) is 34.0 Å². The van der Waals surface area contributed by atoms with Crippen LogP contribution in [-0.4, -0.2) is 4.98 Å². The summed E-state index contributed by atoms with van der Waals surface area (Å²) in [5.41, 5.74) is 4.79. The van der Waals surface area contributed by atoms with Gasteiger partial charge in [0, 0.05) is 10.8 Å². The lowest BCUT2D eigenvalue weighted by molar-refractivity contribution is 1.40. The maximum Gasteiger partial charge on any atom is 0.0538 e. The fraction of sp³-hybridized carbons (Fsp3) is 0. The van der Waals surface area contributed by atoms with Gasteiger partial charge in [0.1, 0.15) is 0 Å². The van der Waals surface area contributed by atoms with Gasteiger partial charge in [-0.25, -0.2) is 0 Å². The van der Waals surface area contributed by atoms with Crippen LogP contribution in [0.3, 0.4) is 0 Å². The molecule has 0 spiro atoms. The van der Waals surface area contributed by atoms with Crippen LogP contribution in [0.2, 0.25) is 0 Å². The molecular weight excluding hydrogens is 302 g/mol. The summed E-state index contributed by atoms with van der Waals surface area (Å²) in [5, 5.41) is 5.07. The van der Waals surface area contributed by atoms with Gasteiger partial charge in [-0.15, -0.1) is 0 Å². The van der Waals surface area contributed by atoms with Crippen molar-refractivity contribution in [1.82, 2.24) is 4.98 Å². The predicted octanol–water partition coefficient (Wildman–Crippen LogP) is 6.66. The zero-order valence-electron chi connectivity index (χ0n) is 13.7. The summed E-state index contributed by atoms with van der Waals surface area (Å²) in [7, 11) is 0. The Hall–Kier alpha value is -3.32. The van der Waals surface area contributed by atoms with Crippen LogP contribution in [0.25, 0.3) is 44.1 Å². The second kappa shape index (κ2) is 5.64. The van der Waals surface area contributed by atoms with Gasteiger partial charge in [0.05, 0.1) is 11.4 Å². The molecule has 1 heteroatoms. The van der Waals surface area contributed by atoms with Gasteiger partial charge in [-0.2, -0.15) is 0 Å². The minimum atomic E-state index is 1.18. The Morgan fingerprint density at radius 2 is 0.840 bits per heavy atom. The van der Waals surface area contributed by atoms with Crippen LogP contribution < -0.4 is 0 Å². The van der Waals surface area contributed by atoms with Crippen molar-refractivity contribution in [2.45, 2.75) is 0 Å². The molecule has 0 aliphatic rings. The third-order valence-corrected chi connectivity index (χ3v) is 4.80. The molecule has 4 aromatic carbocycles. The van der Waals surface area contributed by atoms with Gasteiger partial charge in [0.2, 0.25) is 0 Å². The highest BCUT2D eigenvalue weighted by Gasteiger charge is 2.14. The molecule has 1 N–H and O–H groups in total. The molecule has 0 amide bonds. The lowest BCUT2D eigenvalue weighted by Gasteiger charge is -2.02. The summed E-state index contributed by atoms with van der Waals surface area (Å²) in [6, 6.07) is 34.3. The van der Waals surface area contributed by atoms with Crippen molar-refractivity contribution in [2.24, 2.45) is 0 Å². The number of rotatable bonds is 2. The normalized spacial score (nSPS) is 11.2. The lowest BCUT2D eigenvalue weighted by Crippen LogP contribution is -1.79. The van der Waals surface area contributed by atoms with Gasteiger partial charge < -0.3 is 4.98 Å². The van der Waals surface area contributed by atoms with Crippen LogP contribution in [0, 0.1) is 0 Å². The fourth-order valence-corrected chi connectivity index (χ4v) is 3.58. The van der Waals surface area contributed by atoms with Crippen molar-refractivity contribution in [1.29, 1.82) is 0 Å². The molecule has 0 saturated carbocycles. The summed E-state index contributed by atoms with van der Waals surface area (Å²) in [6.07, 6.45) is 0. The minimum Gasteiger partial charge on any atom is -0.354 e. The Balaban J connectivity index is 1.89. The number of aromatic nitrogens is 1. The van der Waals surface area contributed by atoms with Crippen molar-refractivity contribution in [3.63, 3.8) is 0 Å². The monoisotopic (exact) mass is 319 g/mol. The summed E-state index contributed by atoms with van der Waals surface area (Å²) in [4.78, 5) is 3.70. The van der Waals surface area contributed by atoms with E-state index in [0.29, 0.717) is 0 Å². The Bertz CT molecular complexity index is 1080. The lowest BCUT2D eigenvalue weighted by atomic mass is 10.0. The van der Waals surface area contributed by atoms with E-state index < -0.39 is 0 Å². The van der Waals surface area contributed by atoms with E-state index in [9.17, 15) is 0 Å². The summed E-state index contributed by atoms with van der Waals surface area (Å²) in [5.74, 6) is 0. The largest absolute Gasteiger partial charge is 0.354 e. The number of hydrogen-bond donors (Lipinski definition) is 1. The molecule has 0 aliphatic carbocycles. The average Bonchev–Trinajstić information content (AvgIpc) is 3.06. The van der Waals surface area contributed by atoms with Gasteiger partial charge in [-0.1, -0.05) is 84.9 Å². The molecule has 0 saturated heterocycles. The first-order valence-corrected chi connectivity index (χ1v) is 8.55. The van der Waals surface area contributed by atoms with Gasteiger partial charge in [-0.3, -0.25) is 0 Å². The molecule has 0 fully saturated rings. The van der Waals surface area contributed by atoms with E-state index in [1.54, 1.807) is 0 Å². The first-order valence-electron chi connectivity index (χ1n) is 8.55. The molecule has 0 bridgehead atoms. The maximum atomic E-state index is 3.70. The highest BCUT2D eigenvalue weighted by molar-refractivity contribution is 6.10. The third kappa shape index (κ3) is 2.33. The first-order chi connectivity index (χ1) is 12.4. The standard InChI is InChI=1S/C24H17N/c1-3-9-17(10-4-1)23-21-15-19-13-7-8-14-20(19)16-22(21)24(25-23)18-11-5-2-6-12-18/h1-16,25H. The van der Waals surface area contributed by atoms with Gasteiger partial charge in [0.15, 0.2) is 0 Å². The van der Waals surface area contributed by atoms with Crippen LogP contribution in [0.15, 0.2) is 97.1 Å². The third-order valence-electron chi connectivity index (χ3n) is 4.80. The molecule has 5 aromatic rings. The second-order valence-electron chi connectivity index (χ2n) is 6.35. The molecule has 0 unspecified atom stereocenters. The van der Waals surface area contributed by atoms with E-state index in [2.05, 4.69) is 102 Å². The quantitative estimate of drug-likeness (QED) is 0.374. The van der Waals surface area contributed by atoms with Gasteiger partial charge >= 0.3 is 0 Å². The zero-order chi connectivity index (χ0) is 16.6. The van der Waals surface area contributed by atoms with Crippen molar-refractivity contribution in [3.05, 3.63) is 97.1 Å². The highest BCUT2D eigenvalue weighted by atomic mass is 14.7. The molecule has 1 aromatic heterocycles. The Morgan fingerprint density at radius 3 is 1.28 bits per heavy atom. The van der Waals surface area contributed by atoms with Gasteiger partial charge in [0.25, 0.3) is 0 Å². The molecule has 0 atom stereocenters. The zero-order valence-corrected chi connectivity index (χ0v) is 13.7. The average molecular weight is 319 g/mol. The van der Waals surface area contributed by atoms with E-state index in [4.69, 9.17) is 0 Å². The van der Waals surface area contributed by atoms with E-state index in [1.165, 1.54) is 44.1 Å². The smallest absolute Gasteiger partial charge is 0.0538 e. The number of benzene rings is 4. The maximum absolute atomic E-state index is 3.70. The summed E-state index contributed by atoms with van der Waals surface area (Å²) >= 11 is 0. The van der Waals surface area contributed by atoms with E-state index in [-0.39, 0.29) is 0 Å². The van der Waals surface area contributed by atoms with Crippen molar-refractivity contribution in [2.75, 3.05) is 0 Å². The van der Waals surface area contributed by atoms with Crippen molar-refractivity contribution >= 4 is 21.5 Å². The van der Waals surface area contributed by atoms with Crippen LogP contribution >= 0.6 is 0 Å². The first kappa shape index (κ1) is 14.1.